The first-order valence-corrected chi connectivity index (χ1v) is 4.19. The maximum Gasteiger partial charge on any atom is 1.00 e. The van der Waals surface area contributed by atoms with Gasteiger partial charge in [0, 0.05) is 17.1 Å². The Bertz CT molecular complexity index is 219. The second-order valence-electron chi connectivity index (χ2n) is 0.896. The van der Waals surface area contributed by atoms with Gasteiger partial charge in [-0.05, 0) is 0 Å². The normalized spacial score (nSPS) is 9.67. The zero-order valence-electron chi connectivity index (χ0n) is 6.59. The molecule has 0 rings (SSSR count). The number of hydrogen-bond acceptors (Lipinski definition) is 4. The molecule has 0 amide bonds. The van der Waals surface area contributed by atoms with Gasteiger partial charge in [0.05, 0.1) is 0 Å². The topological polar surface area (TPSA) is 149 Å². The van der Waals surface area contributed by atoms with Crippen LogP contribution in [0.15, 0.2) is 0 Å². The van der Waals surface area contributed by atoms with Gasteiger partial charge in [-0.25, -0.2) is 0 Å². The summed E-state index contributed by atoms with van der Waals surface area (Å²) in [4.78, 5) is 0. The van der Waals surface area contributed by atoms with Crippen LogP contribution in [0.25, 0.3) is 0 Å². The average molecular weight is 292 g/mol. The van der Waals surface area contributed by atoms with E-state index in [0.717, 1.165) is 0 Å². The van der Waals surface area contributed by atoms with Gasteiger partial charge in [-0.15, -0.1) is 0 Å². The van der Waals surface area contributed by atoms with Gasteiger partial charge in [0.15, 0.2) is 0 Å². The van der Waals surface area contributed by atoms with Gasteiger partial charge in [0.2, 0.25) is 0 Å². The van der Waals surface area contributed by atoms with Crippen LogP contribution in [-0.2, 0) is 37.9 Å². The molecule has 8 nitrogen and oxygen atoms in total. The Balaban J connectivity index is -0.0000000267. The molecule has 12 heteroatoms. The van der Waals surface area contributed by atoms with Gasteiger partial charge < -0.3 is 1.43 Å². The molecule has 0 aromatic heterocycles. The molecule has 0 heterocycles. The third kappa shape index (κ3) is 393. The number of hydrogen-bond donors (Lipinski definition) is 4. The Morgan fingerprint density at radius 1 is 0.750 bits per heavy atom. The molecule has 0 aliphatic carbocycles. The molecule has 0 fully saturated rings. The monoisotopic (exact) mass is 292 g/mol. The van der Waals surface area contributed by atoms with Crippen molar-refractivity contribution < 1.29 is 105 Å². The molecule has 0 aliphatic heterocycles. The molecule has 0 saturated heterocycles. The molecular weight excluding hydrogens is 287 g/mol. The van der Waals surface area contributed by atoms with Crippen LogP contribution in [0.4, 0.5) is 0 Å². The maximum atomic E-state index is 8.74. The summed E-state index contributed by atoms with van der Waals surface area (Å²) >= 11 is 0. The SMILES string of the molecule is O=S(=O)(O)O.O=S(=O)(O)O.[Fe].[H-].[K+]. The first kappa shape index (κ1) is 23.6. The quantitative estimate of drug-likeness (QED) is 0.259. The summed E-state index contributed by atoms with van der Waals surface area (Å²) in [6.45, 7) is 0. The summed E-state index contributed by atoms with van der Waals surface area (Å²) in [6, 6.07) is 0. The van der Waals surface area contributed by atoms with Crippen molar-refractivity contribution in [2.24, 2.45) is 0 Å². The van der Waals surface area contributed by atoms with E-state index in [2.05, 4.69) is 0 Å². The second-order valence-corrected chi connectivity index (χ2v) is 2.69. The molecule has 0 aromatic rings. The van der Waals surface area contributed by atoms with Crippen LogP contribution < -0.4 is 51.4 Å². The predicted octanol–water partition coefficient (Wildman–Crippen LogP) is -4.19. The van der Waals surface area contributed by atoms with E-state index in [-0.39, 0.29) is 69.9 Å². The van der Waals surface area contributed by atoms with E-state index in [4.69, 9.17) is 35.0 Å². The van der Waals surface area contributed by atoms with Gasteiger partial charge in [-0.3, -0.25) is 18.2 Å². The molecule has 0 aromatic carbocycles. The minimum absolute atomic E-state index is 0. The summed E-state index contributed by atoms with van der Waals surface area (Å²) in [5.41, 5.74) is 0. The summed E-state index contributed by atoms with van der Waals surface area (Å²) in [5, 5.41) is 0. The second kappa shape index (κ2) is 9.45. The van der Waals surface area contributed by atoms with E-state index in [1.54, 1.807) is 0 Å². The molecule has 0 aliphatic rings. The van der Waals surface area contributed by atoms with Gasteiger partial charge >= 0.3 is 72.2 Å². The Morgan fingerprint density at radius 2 is 0.750 bits per heavy atom. The third-order valence-corrected chi connectivity index (χ3v) is 0. The minimum atomic E-state index is -4.67. The first-order chi connectivity index (χ1) is 4.00. The van der Waals surface area contributed by atoms with Crippen LogP contribution in [0.5, 0.6) is 0 Å². The van der Waals surface area contributed by atoms with Crippen LogP contribution in [-0.4, -0.2) is 35.0 Å². The third-order valence-electron chi connectivity index (χ3n) is 0. The fourth-order valence-electron chi connectivity index (χ4n) is 0. The van der Waals surface area contributed by atoms with Gasteiger partial charge in [-0.1, -0.05) is 0 Å². The molecule has 0 unspecified atom stereocenters. The van der Waals surface area contributed by atoms with Crippen molar-refractivity contribution in [2.45, 2.75) is 0 Å². The van der Waals surface area contributed by atoms with Crippen LogP contribution in [0.1, 0.15) is 1.43 Å². The molecule has 0 saturated carbocycles. The smallest absolute Gasteiger partial charge is 1.00 e. The molecule has 12 heavy (non-hydrogen) atoms. The fourth-order valence-corrected chi connectivity index (χ4v) is 0. The van der Waals surface area contributed by atoms with Crippen molar-refractivity contribution >= 4 is 20.8 Å². The van der Waals surface area contributed by atoms with E-state index < -0.39 is 20.8 Å². The first-order valence-electron chi connectivity index (χ1n) is 1.40. The van der Waals surface area contributed by atoms with Crippen LogP contribution in [0.2, 0.25) is 0 Å². The molecule has 74 valence electrons. The average Bonchev–Trinajstić information content (AvgIpc) is 1.12. The summed E-state index contributed by atoms with van der Waals surface area (Å²) in [5.74, 6) is 0. The van der Waals surface area contributed by atoms with Gasteiger partial charge in [0.25, 0.3) is 0 Å². The van der Waals surface area contributed by atoms with Crippen LogP contribution in [0, 0.1) is 0 Å². The Labute approximate surface area is 124 Å². The predicted molar refractivity (Wildman–Crippen MR) is 29.5 cm³/mol. The molecule has 0 spiro atoms. The van der Waals surface area contributed by atoms with Crippen molar-refractivity contribution in [2.75, 3.05) is 0 Å². The number of rotatable bonds is 0. The van der Waals surface area contributed by atoms with Crippen molar-refractivity contribution in [1.29, 1.82) is 0 Å². The van der Waals surface area contributed by atoms with Crippen molar-refractivity contribution in [3.63, 3.8) is 0 Å². The van der Waals surface area contributed by atoms with E-state index >= 15 is 0 Å². The zero-order chi connectivity index (χ0) is 9.00. The van der Waals surface area contributed by atoms with Gasteiger partial charge in [0.1, 0.15) is 0 Å². The largest absolute Gasteiger partial charge is 1.00 e. The Morgan fingerprint density at radius 3 is 0.750 bits per heavy atom. The van der Waals surface area contributed by atoms with Crippen molar-refractivity contribution in [1.82, 2.24) is 0 Å². The van der Waals surface area contributed by atoms with Crippen molar-refractivity contribution in [3.8, 4) is 0 Å². The molecule has 0 bridgehead atoms. The fraction of sp³-hybridized carbons (Fsp3) is 0. The summed E-state index contributed by atoms with van der Waals surface area (Å²) < 4.78 is 63.2. The zero-order valence-corrected chi connectivity index (χ0v) is 11.5. The van der Waals surface area contributed by atoms with E-state index in [1.165, 1.54) is 0 Å². The Hall–Kier alpha value is 1.90. The summed E-state index contributed by atoms with van der Waals surface area (Å²) in [6.07, 6.45) is 0. The Kier molecular flexibility index (Phi) is 18.6. The minimum Gasteiger partial charge on any atom is -1.00 e. The maximum absolute atomic E-state index is 8.74. The van der Waals surface area contributed by atoms with E-state index in [0.29, 0.717) is 0 Å². The van der Waals surface area contributed by atoms with E-state index in [9.17, 15) is 0 Å². The van der Waals surface area contributed by atoms with Crippen LogP contribution >= 0.6 is 0 Å². The summed E-state index contributed by atoms with van der Waals surface area (Å²) in [7, 11) is -9.33. The molecule has 0 atom stereocenters. The molecule has 4 N–H and O–H groups in total. The standard InChI is InChI=1S/Fe.K.2H2O4S.H/c;;2*1-5(2,3)4;/h;;2*(H2,1,2,3,4);/q;+1;;;-1. The van der Waals surface area contributed by atoms with Gasteiger partial charge in [-0.2, -0.15) is 16.8 Å². The van der Waals surface area contributed by atoms with Crippen LogP contribution in [0.3, 0.4) is 0 Å². The molecular formula is H5FeKO8S2. The molecule has 0 radical (unpaired) electrons. The van der Waals surface area contributed by atoms with E-state index in [1.807, 2.05) is 0 Å². The van der Waals surface area contributed by atoms with Crippen molar-refractivity contribution in [3.05, 3.63) is 0 Å².